The Labute approximate surface area is 154 Å². The van der Waals surface area contributed by atoms with Crippen LogP contribution in [-0.4, -0.2) is 35.8 Å². The fourth-order valence-corrected chi connectivity index (χ4v) is 3.56. The standard InChI is InChI=1S/C19H28N3O4/c20-16(17(23)18(21)24)15(14-9-5-2-6-10-14)11-22-19(25)26-12-13-7-3-1-4-8-13/h1,3-4,7-8,14-17,21,23H,2,5-6,9-12,20H2,(H,22,25). The summed E-state index contributed by atoms with van der Waals surface area (Å²) in [6.07, 6.45) is 3.08. The second kappa shape index (κ2) is 10.1. The molecule has 5 N–H and O–H groups in total. The zero-order valence-electron chi connectivity index (χ0n) is 14.9. The lowest BCUT2D eigenvalue weighted by Crippen LogP contribution is -2.52. The van der Waals surface area contributed by atoms with E-state index in [2.05, 4.69) is 5.32 Å². The van der Waals surface area contributed by atoms with Crippen molar-refractivity contribution in [3.05, 3.63) is 35.9 Å². The van der Waals surface area contributed by atoms with Crippen LogP contribution in [0.2, 0.25) is 0 Å². The fraction of sp³-hybridized carbons (Fsp3) is 0.579. The van der Waals surface area contributed by atoms with Gasteiger partial charge < -0.3 is 20.9 Å². The van der Waals surface area contributed by atoms with Gasteiger partial charge in [-0.05, 0) is 17.4 Å². The number of amides is 2. The second-order valence-electron chi connectivity index (χ2n) is 6.89. The van der Waals surface area contributed by atoms with E-state index in [-0.39, 0.29) is 25.0 Å². The number of carbonyl (C=O) groups excluding carboxylic acids is 2. The molecular weight excluding hydrogens is 334 g/mol. The van der Waals surface area contributed by atoms with Crippen molar-refractivity contribution >= 4 is 12.0 Å². The summed E-state index contributed by atoms with van der Waals surface area (Å²) in [7, 11) is 0. The van der Waals surface area contributed by atoms with Gasteiger partial charge in [-0.3, -0.25) is 10.5 Å². The molecule has 1 aromatic carbocycles. The highest BCUT2D eigenvalue weighted by atomic mass is 16.5. The third kappa shape index (κ3) is 6.00. The van der Waals surface area contributed by atoms with Gasteiger partial charge in [-0.25, -0.2) is 4.79 Å². The fourth-order valence-electron chi connectivity index (χ4n) is 3.56. The second-order valence-corrected chi connectivity index (χ2v) is 6.89. The number of rotatable bonds is 8. The van der Waals surface area contributed by atoms with Crippen molar-refractivity contribution in [2.75, 3.05) is 6.54 Å². The normalized spacial score (nSPS) is 18.5. The summed E-state index contributed by atoms with van der Waals surface area (Å²) in [4.78, 5) is 23.2. The van der Waals surface area contributed by atoms with Gasteiger partial charge in [-0.15, -0.1) is 0 Å². The van der Waals surface area contributed by atoms with Crippen LogP contribution in [0.5, 0.6) is 0 Å². The summed E-state index contributed by atoms with van der Waals surface area (Å²) in [6.45, 7) is 0.379. The Morgan fingerprint density at radius 2 is 1.88 bits per heavy atom. The Hall–Kier alpha value is -2.12. The van der Waals surface area contributed by atoms with Crippen molar-refractivity contribution in [2.24, 2.45) is 17.6 Å². The molecule has 7 nitrogen and oxygen atoms in total. The van der Waals surface area contributed by atoms with E-state index in [9.17, 15) is 14.7 Å². The first kappa shape index (κ1) is 20.2. The molecule has 0 bridgehead atoms. The minimum absolute atomic E-state index is 0.167. The van der Waals surface area contributed by atoms with Crippen molar-refractivity contribution < 1.29 is 19.4 Å². The highest BCUT2D eigenvalue weighted by molar-refractivity contribution is 5.78. The number of carbonyl (C=O) groups is 2. The number of benzene rings is 1. The van der Waals surface area contributed by atoms with Gasteiger partial charge in [0.1, 0.15) is 12.7 Å². The predicted molar refractivity (Wildman–Crippen MR) is 96.8 cm³/mol. The third-order valence-corrected chi connectivity index (χ3v) is 5.08. The number of alkyl carbamates (subject to hydrolysis) is 1. The van der Waals surface area contributed by atoms with Crippen LogP contribution in [0.1, 0.15) is 37.7 Å². The van der Waals surface area contributed by atoms with E-state index in [4.69, 9.17) is 16.2 Å². The Morgan fingerprint density at radius 3 is 2.50 bits per heavy atom. The molecule has 1 aliphatic rings. The summed E-state index contributed by atoms with van der Waals surface area (Å²) < 4.78 is 5.20. The van der Waals surface area contributed by atoms with Crippen molar-refractivity contribution in [3.63, 3.8) is 0 Å². The van der Waals surface area contributed by atoms with Crippen LogP contribution in [0.4, 0.5) is 4.79 Å². The maximum atomic E-state index is 12.0. The van der Waals surface area contributed by atoms with E-state index in [0.717, 1.165) is 37.7 Å². The Morgan fingerprint density at radius 1 is 1.23 bits per heavy atom. The van der Waals surface area contributed by atoms with Crippen molar-refractivity contribution in [1.29, 1.82) is 0 Å². The number of nitrogens with two attached hydrogens (primary N) is 1. The van der Waals surface area contributed by atoms with E-state index in [0.29, 0.717) is 0 Å². The van der Waals surface area contributed by atoms with Crippen LogP contribution in [0.25, 0.3) is 0 Å². The lowest BCUT2D eigenvalue weighted by Gasteiger charge is -2.35. The van der Waals surface area contributed by atoms with Crippen LogP contribution >= 0.6 is 0 Å². The summed E-state index contributed by atoms with van der Waals surface area (Å²) in [5.41, 5.74) is 14.1. The largest absolute Gasteiger partial charge is 0.445 e. The molecule has 7 heteroatoms. The molecule has 1 radical (unpaired) electrons. The van der Waals surface area contributed by atoms with Crippen LogP contribution in [0.15, 0.2) is 30.3 Å². The molecule has 0 heterocycles. The molecule has 0 aromatic heterocycles. The average Bonchev–Trinajstić information content (AvgIpc) is 2.67. The molecular formula is C19H28N3O4. The Balaban J connectivity index is 1.90. The van der Waals surface area contributed by atoms with E-state index >= 15 is 0 Å². The molecule has 1 fully saturated rings. The monoisotopic (exact) mass is 362 g/mol. The molecule has 3 atom stereocenters. The maximum absolute atomic E-state index is 12.0. The molecule has 0 aliphatic heterocycles. The van der Waals surface area contributed by atoms with Crippen LogP contribution in [0, 0.1) is 11.8 Å². The Kier molecular flexibility index (Phi) is 7.87. The van der Waals surface area contributed by atoms with Crippen LogP contribution in [-0.2, 0) is 16.1 Å². The predicted octanol–water partition coefficient (Wildman–Crippen LogP) is 1.61. The molecule has 1 aromatic rings. The Bertz CT molecular complexity index is 575. The third-order valence-electron chi connectivity index (χ3n) is 5.08. The van der Waals surface area contributed by atoms with Gasteiger partial charge in [-0.2, -0.15) is 0 Å². The van der Waals surface area contributed by atoms with Crippen LogP contribution < -0.4 is 16.8 Å². The topological polar surface area (TPSA) is 125 Å². The first-order valence-electron chi connectivity index (χ1n) is 9.12. The molecule has 143 valence electrons. The van der Waals surface area contributed by atoms with Gasteiger partial charge in [0.15, 0.2) is 0 Å². The van der Waals surface area contributed by atoms with E-state index in [1.165, 1.54) is 0 Å². The molecule has 0 saturated heterocycles. The minimum Gasteiger partial charge on any atom is -0.445 e. The molecule has 2 amide bonds. The van der Waals surface area contributed by atoms with Crippen molar-refractivity contribution in [1.82, 2.24) is 11.1 Å². The molecule has 1 aliphatic carbocycles. The van der Waals surface area contributed by atoms with Gasteiger partial charge in [0.2, 0.25) is 0 Å². The zero-order valence-corrected chi connectivity index (χ0v) is 14.9. The van der Waals surface area contributed by atoms with E-state index < -0.39 is 24.1 Å². The lowest BCUT2D eigenvalue weighted by atomic mass is 9.75. The van der Waals surface area contributed by atoms with E-state index in [1.54, 1.807) is 0 Å². The van der Waals surface area contributed by atoms with Crippen molar-refractivity contribution in [2.45, 2.75) is 50.9 Å². The molecule has 1 saturated carbocycles. The lowest BCUT2D eigenvalue weighted by molar-refractivity contribution is -0.128. The van der Waals surface area contributed by atoms with E-state index in [1.807, 2.05) is 30.3 Å². The number of aliphatic hydroxyl groups is 1. The zero-order chi connectivity index (χ0) is 18.9. The number of nitrogens with one attached hydrogen (secondary N) is 2. The number of ether oxygens (including phenoxy) is 1. The van der Waals surface area contributed by atoms with Gasteiger partial charge in [0.25, 0.3) is 5.91 Å². The summed E-state index contributed by atoms with van der Waals surface area (Å²) in [6, 6.07) is 8.48. The first-order chi connectivity index (χ1) is 12.5. The quantitative estimate of drug-likeness (QED) is 0.648. The van der Waals surface area contributed by atoms with Gasteiger partial charge >= 0.3 is 6.09 Å². The SMILES string of the molecule is [NH]C(=O)C(O)C(N)C(CNC(=O)OCc1ccccc1)C1CCCCC1. The molecule has 3 unspecified atom stereocenters. The summed E-state index contributed by atoms with van der Waals surface area (Å²) in [5.74, 6) is -1.16. The smallest absolute Gasteiger partial charge is 0.407 e. The molecule has 0 spiro atoms. The first-order valence-corrected chi connectivity index (χ1v) is 9.12. The highest BCUT2D eigenvalue weighted by Crippen LogP contribution is 2.32. The highest BCUT2D eigenvalue weighted by Gasteiger charge is 2.35. The summed E-state index contributed by atoms with van der Waals surface area (Å²) >= 11 is 0. The van der Waals surface area contributed by atoms with Gasteiger partial charge in [-0.1, -0.05) is 62.4 Å². The van der Waals surface area contributed by atoms with Crippen LogP contribution in [0.3, 0.4) is 0 Å². The molecule has 26 heavy (non-hydrogen) atoms. The molecule has 2 rings (SSSR count). The minimum atomic E-state index is -1.54. The number of hydrogen-bond donors (Lipinski definition) is 3. The number of hydrogen-bond acceptors (Lipinski definition) is 5. The van der Waals surface area contributed by atoms with Gasteiger partial charge in [0.05, 0.1) is 0 Å². The summed E-state index contributed by atoms with van der Waals surface area (Å²) in [5, 5.41) is 12.6. The van der Waals surface area contributed by atoms with Crippen molar-refractivity contribution in [3.8, 4) is 0 Å². The average molecular weight is 362 g/mol. The number of aliphatic hydroxyl groups excluding tert-OH is 1. The van der Waals surface area contributed by atoms with Gasteiger partial charge in [0, 0.05) is 12.6 Å². The maximum Gasteiger partial charge on any atom is 0.407 e.